The highest BCUT2D eigenvalue weighted by molar-refractivity contribution is 6.31. The minimum atomic E-state index is -4.59. The van der Waals surface area contributed by atoms with Gasteiger partial charge in [0.25, 0.3) is 0 Å². The fraction of sp³-hybridized carbons (Fsp3) is 0.0588. The van der Waals surface area contributed by atoms with Gasteiger partial charge in [0.05, 0.1) is 23.0 Å². The maximum Gasteiger partial charge on any atom is 0.418 e. The first kappa shape index (κ1) is 17.2. The number of nitrogens with one attached hydrogen (secondary N) is 1. The van der Waals surface area contributed by atoms with Gasteiger partial charge < -0.3 is 0 Å². The van der Waals surface area contributed by atoms with Crippen molar-refractivity contribution in [1.82, 2.24) is 4.98 Å². The predicted molar refractivity (Wildman–Crippen MR) is 89.4 cm³/mol. The van der Waals surface area contributed by atoms with Gasteiger partial charge in [-0.1, -0.05) is 29.8 Å². The van der Waals surface area contributed by atoms with Crippen LogP contribution in [0.2, 0.25) is 5.02 Å². The van der Waals surface area contributed by atoms with Crippen molar-refractivity contribution in [3.63, 3.8) is 0 Å². The van der Waals surface area contributed by atoms with Crippen LogP contribution in [0.4, 0.5) is 23.2 Å². The summed E-state index contributed by atoms with van der Waals surface area (Å²) < 4.78 is 53.0. The highest BCUT2D eigenvalue weighted by Gasteiger charge is 2.34. The fourth-order valence-corrected chi connectivity index (χ4v) is 2.50. The third-order valence-electron chi connectivity index (χ3n) is 3.41. The van der Waals surface area contributed by atoms with Gasteiger partial charge in [-0.05, 0) is 24.3 Å². The zero-order valence-corrected chi connectivity index (χ0v) is 13.2. The summed E-state index contributed by atoms with van der Waals surface area (Å²) in [6.07, 6.45) is -2.13. The maximum absolute atomic E-state index is 13.5. The van der Waals surface area contributed by atoms with E-state index in [1.807, 2.05) is 0 Å². The smallest absolute Gasteiger partial charge is 0.278 e. The van der Waals surface area contributed by atoms with Crippen molar-refractivity contribution in [2.24, 2.45) is 5.10 Å². The van der Waals surface area contributed by atoms with E-state index in [-0.39, 0.29) is 27.2 Å². The Morgan fingerprint density at radius 3 is 2.60 bits per heavy atom. The highest BCUT2D eigenvalue weighted by atomic mass is 35.5. The molecule has 0 aliphatic rings. The third-order valence-corrected chi connectivity index (χ3v) is 3.63. The molecule has 1 heterocycles. The van der Waals surface area contributed by atoms with Crippen LogP contribution < -0.4 is 5.43 Å². The quantitative estimate of drug-likeness (QED) is 0.377. The first-order valence-corrected chi connectivity index (χ1v) is 7.43. The number of hydrogen-bond acceptors (Lipinski definition) is 3. The molecule has 0 amide bonds. The van der Waals surface area contributed by atoms with Gasteiger partial charge >= 0.3 is 6.18 Å². The normalized spacial score (nSPS) is 12.0. The van der Waals surface area contributed by atoms with Gasteiger partial charge in [-0.2, -0.15) is 18.3 Å². The van der Waals surface area contributed by atoms with E-state index in [2.05, 4.69) is 15.5 Å². The summed E-state index contributed by atoms with van der Waals surface area (Å²) in [4.78, 5) is 3.80. The fourth-order valence-electron chi connectivity index (χ4n) is 2.28. The minimum absolute atomic E-state index is 0.0750. The third kappa shape index (κ3) is 3.71. The summed E-state index contributed by atoms with van der Waals surface area (Å²) in [5.74, 6) is -0.463. The summed E-state index contributed by atoms with van der Waals surface area (Å²) in [6, 6.07) is 9.61. The lowest BCUT2D eigenvalue weighted by atomic mass is 10.1. The number of aromatic nitrogens is 1. The van der Waals surface area contributed by atoms with E-state index < -0.39 is 17.6 Å². The Morgan fingerprint density at radius 1 is 1.12 bits per heavy atom. The molecule has 0 aliphatic heterocycles. The zero-order chi connectivity index (χ0) is 18.0. The van der Waals surface area contributed by atoms with E-state index in [0.717, 1.165) is 6.07 Å². The Labute approximate surface area is 145 Å². The molecule has 0 radical (unpaired) electrons. The van der Waals surface area contributed by atoms with E-state index in [1.165, 1.54) is 42.7 Å². The Morgan fingerprint density at radius 2 is 1.88 bits per heavy atom. The Kier molecular flexibility index (Phi) is 4.59. The van der Waals surface area contributed by atoms with Crippen LogP contribution in [0.25, 0.3) is 10.9 Å². The molecule has 8 heteroatoms. The van der Waals surface area contributed by atoms with Crippen LogP contribution in [0.15, 0.2) is 53.8 Å². The first-order chi connectivity index (χ1) is 11.9. The van der Waals surface area contributed by atoms with Crippen LogP contribution in [-0.4, -0.2) is 11.2 Å². The number of pyridine rings is 1. The van der Waals surface area contributed by atoms with Gasteiger partial charge in [0, 0.05) is 22.2 Å². The number of anilines is 1. The molecule has 3 nitrogen and oxygen atoms in total. The number of fused-ring (bicyclic) bond motifs is 1. The Balaban J connectivity index is 2.00. The minimum Gasteiger partial charge on any atom is -0.278 e. The lowest BCUT2D eigenvalue weighted by Crippen LogP contribution is -2.07. The van der Waals surface area contributed by atoms with Crippen molar-refractivity contribution in [2.75, 3.05) is 5.43 Å². The molecule has 0 bridgehead atoms. The van der Waals surface area contributed by atoms with Crippen LogP contribution in [0.3, 0.4) is 0 Å². The predicted octanol–water partition coefficient (Wildman–Crippen LogP) is 5.49. The number of alkyl halides is 3. The van der Waals surface area contributed by atoms with E-state index in [9.17, 15) is 17.6 Å². The van der Waals surface area contributed by atoms with Crippen LogP contribution in [0.1, 0.15) is 11.1 Å². The van der Waals surface area contributed by atoms with E-state index >= 15 is 0 Å². The van der Waals surface area contributed by atoms with Gasteiger partial charge in [-0.25, -0.2) is 4.39 Å². The van der Waals surface area contributed by atoms with Crippen LogP contribution in [0.5, 0.6) is 0 Å². The summed E-state index contributed by atoms with van der Waals surface area (Å²) in [5, 5.41) is 3.96. The average Bonchev–Trinajstić information content (AvgIpc) is 2.55. The first-order valence-electron chi connectivity index (χ1n) is 7.05. The molecular formula is C17H10ClF4N3. The molecule has 2 aromatic carbocycles. The van der Waals surface area contributed by atoms with Gasteiger partial charge in [-0.15, -0.1) is 0 Å². The van der Waals surface area contributed by atoms with Gasteiger partial charge in [0.15, 0.2) is 0 Å². The lowest BCUT2D eigenvalue weighted by molar-refractivity contribution is -0.136. The topological polar surface area (TPSA) is 37.3 Å². The van der Waals surface area contributed by atoms with Crippen LogP contribution in [-0.2, 0) is 6.18 Å². The summed E-state index contributed by atoms with van der Waals surface area (Å²) >= 11 is 5.81. The summed E-state index contributed by atoms with van der Waals surface area (Å²) in [5.41, 5.74) is 1.93. The molecule has 0 saturated carbocycles. The number of hydrogen-bond donors (Lipinski definition) is 1. The average molecular weight is 368 g/mol. The number of rotatable bonds is 3. The van der Waals surface area contributed by atoms with Crippen molar-refractivity contribution in [3.8, 4) is 0 Å². The van der Waals surface area contributed by atoms with Crippen LogP contribution in [0, 0.1) is 5.82 Å². The number of hydrazone groups is 1. The molecule has 1 N–H and O–H groups in total. The zero-order valence-electron chi connectivity index (χ0n) is 12.5. The Hall–Kier alpha value is -2.67. The van der Waals surface area contributed by atoms with E-state index in [0.29, 0.717) is 0 Å². The largest absolute Gasteiger partial charge is 0.418 e. The number of nitrogens with zero attached hydrogens (tertiary/aromatic N) is 2. The molecule has 0 atom stereocenters. The number of benzene rings is 2. The molecule has 1 aromatic heterocycles. The lowest BCUT2D eigenvalue weighted by Gasteiger charge is -2.12. The molecule has 0 aliphatic carbocycles. The van der Waals surface area contributed by atoms with Crippen molar-refractivity contribution >= 4 is 34.4 Å². The molecule has 128 valence electrons. The molecule has 0 spiro atoms. The summed E-state index contributed by atoms with van der Waals surface area (Å²) in [6.45, 7) is 0. The molecule has 0 saturated heterocycles. The Bertz CT molecular complexity index is 954. The molecule has 25 heavy (non-hydrogen) atoms. The SMILES string of the molecule is Fc1ccccc1/C=N/Nc1ccnc2c(C(F)(F)F)cc(Cl)cc12. The van der Waals surface area contributed by atoms with Crippen molar-refractivity contribution in [1.29, 1.82) is 0 Å². The van der Waals surface area contributed by atoms with Crippen molar-refractivity contribution < 1.29 is 17.6 Å². The molecular weight excluding hydrogens is 358 g/mol. The molecule has 0 unspecified atom stereocenters. The van der Waals surface area contributed by atoms with E-state index in [4.69, 9.17) is 11.6 Å². The second kappa shape index (κ2) is 6.68. The van der Waals surface area contributed by atoms with Gasteiger partial charge in [0.2, 0.25) is 0 Å². The highest BCUT2D eigenvalue weighted by Crippen LogP contribution is 2.37. The second-order valence-electron chi connectivity index (χ2n) is 5.10. The van der Waals surface area contributed by atoms with Gasteiger partial charge in [0.1, 0.15) is 5.82 Å². The second-order valence-corrected chi connectivity index (χ2v) is 5.53. The van der Waals surface area contributed by atoms with Gasteiger partial charge in [-0.3, -0.25) is 10.4 Å². The standard InChI is InChI=1S/C17H10ClF4N3/c18-11-7-12-15(25-24-9-10-3-1-2-4-14(10)19)5-6-23-16(12)13(8-11)17(20,21)22/h1-9H,(H,23,25)/b24-9+. The molecule has 0 fully saturated rings. The number of halogens is 5. The van der Waals surface area contributed by atoms with Crippen LogP contribution >= 0.6 is 11.6 Å². The monoisotopic (exact) mass is 367 g/mol. The van der Waals surface area contributed by atoms with E-state index in [1.54, 1.807) is 6.07 Å². The molecule has 3 aromatic rings. The summed E-state index contributed by atoms with van der Waals surface area (Å²) in [7, 11) is 0. The maximum atomic E-state index is 13.5. The van der Waals surface area contributed by atoms with Crippen molar-refractivity contribution in [2.45, 2.75) is 6.18 Å². The van der Waals surface area contributed by atoms with Crippen molar-refractivity contribution in [3.05, 3.63) is 70.6 Å². The molecule has 3 rings (SSSR count).